The number of halogens is 4. The Morgan fingerprint density at radius 1 is 0.935 bits per heavy atom. The van der Waals surface area contributed by atoms with Crippen molar-refractivity contribution in [1.82, 2.24) is 10.2 Å². The average molecular weight is 662 g/mol. The van der Waals surface area contributed by atoms with Crippen LogP contribution in [0.15, 0.2) is 78.9 Å². The number of benzene rings is 3. The van der Waals surface area contributed by atoms with Crippen molar-refractivity contribution in [3.63, 3.8) is 0 Å². The lowest BCUT2D eigenvalue weighted by atomic mass is 9.94. The Balaban J connectivity index is 1.60. The van der Waals surface area contributed by atoms with Crippen molar-refractivity contribution in [2.75, 3.05) is 17.1 Å². The number of hydrogen-bond donors (Lipinski definition) is 1. The van der Waals surface area contributed by atoms with Gasteiger partial charge in [0.1, 0.15) is 11.9 Å². The number of carbonyl (C=O) groups excluding carboxylic acids is 2. The summed E-state index contributed by atoms with van der Waals surface area (Å²) < 4.78 is 81.0. The second-order valence-corrected chi connectivity index (χ2v) is 13.6. The van der Waals surface area contributed by atoms with Crippen molar-refractivity contribution in [2.45, 2.75) is 76.2 Å². The molecule has 0 bridgehead atoms. The summed E-state index contributed by atoms with van der Waals surface area (Å²) in [5.41, 5.74) is -0.174. The van der Waals surface area contributed by atoms with Gasteiger partial charge in [0.05, 0.1) is 17.5 Å². The predicted molar refractivity (Wildman–Crippen MR) is 169 cm³/mol. The molecule has 0 heterocycles. The van der Waals surface area contributed by atoms with Crippen molar-refractivity contribution < 1.29 is 35.6 Å². The number of anilines is 1. The maximum atomic E-state index is 14.9. The Labute approximate surface area is 267 Å². The molecule has 1 unspecified atom stereocenters. The molecule has 46 heavy (non-hydrogen) atoms. The summed E-state index contributed by atoms with van der Waals surface area (Å²) in [5, 5.41) is 3.10. The third-order valence-electron chi connectivity index (χ3n) is 8.13. The zero-order valence-electron chi connectivity index (χ0n) is 25.7. The first-order valence-electron chi connectivity index (χ1n) is 15.3. The third kappa shape index (κ3) is 9.78. The number of hydrogen-bond acceptors (Lipinski definition) is 4. The van der Waals surface area contributed by atoms with E-state index < -0.39 is 39.5 Å². The van der Waals surface area contributed by atoms with E-state index in [4.69, 9.17) is 0 Å². The van der Waals surface area contributed by atoms with Crippen LogP contribution in [-0.2, 0) is 38.8 Å². The van der Waals surface area contributed by atoms with Gasteiger partial charge in [0.2, 0.25) is 21.8 Å². The first-order chi connectivity index (χ1) is 21.8. The number of rotatable bonds is 13. The highest BCUT2D eigenvalue weighted by Gasteiger charge is 2.33. The van der Waals surface area contributed by atoms with E-state index in [2.05, 4.69) is 5.32 Å². The molecule has 1 aliphatic carbocycles. The second kappa shape index (κ2) is 15.6. The maximum absolute atomic E-state index is 14.9. The molecule has 1 N–H and O–H groups in total. The number of nitrogens with one attached hydrogen (secondary N) is 1. The Hall–Kier alpha value is -3.93. The third-order valence-corrected chi connectivity index (χ3v) is 9.33. The fourth-order valence-electron chi connectivity index (χ4n) is 5.75. The molecule has 0 spiro atoms. The summed E-state index contributed by atoms with van der Waals surface area (Å²) in [7, 11) is -4.01. The number of carbonyl (C=O) groups is 2. The van der Waals surface area contributed by atoms with Crippen LogP contribution in [-0.4, -0.2) is 50.0 Å². The minimum atomic E-state index is -4.67. The highest BCUT2D eigenvalue weighted by molar-refractivity contribution is 7.92. The smallest absolute Gasteiger partial charge is 0.352 e. The molecule has 1 fully saturated rings. The number of sulfonamides is 1. The molecule has 3 aromatic carbocycles. The van der Waals surface area contributed by atoms with Gasteiger partial charge in [0, 0.05) is 37.5 Å². The van der Waals surface area contributed by atoms with Gasteiger partial charge in [-0.1, -0.05) is 73.9 Å². The lowest BCUT2D eigenvalue weighted by Crippen LogP contribution is -2.53. The van der Waals surface area contributed by atoms with Crippen LogP contribution >= 0.6 is 0 Å². The van der Waals surface area contributed by atoms with Gasteiger partial charge >= 0.3 is 6.18 Å². The fourth-order valence-corrected chi connectivity index (χ4v) is 6.71. The van der Waals surface area contributed by atoms with Gasteiger partial charge in [-0.3, -0.25) is 13.9 Å². The molecule has 0 aromatic heterocycles. The van der Waals surface area contributed by atoms with Crippen LogP contribution < -0.4 is 9.62 Å². The first kappa shape index (κ1) is 34.9. The standard InChI is InChI=1S/C34H39F4N3O4S/c1-46(44,45)41(29-18-10-15-27(23-29)34(36,37)38)21-11-20-32(42)40(24-26-14-8-9-19-30(26)35)31(22-25-12-4-2-5-13-25)33(43)39-28-16-6-3-7-17-28/h2,4-5,8-10,12-15,18-19,23,28,31H,3,6-7,11,16-17,20-22,24H2,1H3,(H,39,43). The largest absolute Gasteiger partial charge is 0.416 e. The first-order valence-corrected chi connectivity index (χ1v) is 17.2. The minimum Gasteiger partial charge on any atom is -0.352 e. The number of amides is 2. The molecular formula is C34H39F4N3O4S. The van der Waals surface area contributed by atoms with Crippen molar-refractivity contribution in [3.8, 4) is 0 Å². The van der Waals surface area contributed by atoms with E-state index in [1.165, 1.54) is 29.2 Å². The molecule has 0 saturated heterocycles. The molecular weight excluding hydrogens is 622 g/mol. The summed E-state index contributed by atoms with van der Waals surface area (Å²) in [6, 6.07) is 18.1. The molecule has 12 heteroatoms. The Morgan fingerprint density at radius 3 is 2.26 bits per heavy atom. The summed E-state index contributed by atoms with van der Waals surface area (Å²) in [4.78, 5) is 29.1. The van der Waals surface area contributed by atoms with E-state index in [9.17, 15) is 35.6 Å². The molecule has 2 amide bonds. The molecule has 248 valence electrons. The van der Waals surface area contributed by atoms with E-state index in [1.54, 1.807) is 6.07 Å². The van der Waals surface area contributed by atoms with Crippen molar-refractivity contribution >= 4 is 27.5 Å². The maximum Gasteiger partial charge on any atom is 0.416 e. The molecule has 1 atom stereocenters. The minimum absolute atomic E-state index is 0.0410. The zero-order chi connectivity index (χ0) is 33.3. The van der Waals surface area contributed by atoms with Crippen LogP contribution in [0.3, 0.4) is 0 Å². The second-order valence-electron chi connectivity index (χ2n) is 11.6. The Bertz CT molecular complexity index is 1580. The molecule has 3 aromatic rings. The summed E-state index contributed by atoms with van der Waals surface area (Å²) in [5.74, 6) is -1.41. The Kier molecular flexibility index (Phi) is 11.8. The van der Waals surface area contributed by atoms with Crippen LogP contribution in [0.25, 0.3) is 0 Å². The number of nitrogens with zero attached hydrogens (tertiary/aromatic N) is 2. The van der Waals surface area contributed by atoms with Crippen molar-refractivity contribution in [2.24, 2.45) is 0 Å². The SMILES string of the molecule is CS(=O)(=O)N(CCCC(=O)N(Cc1ccccc1F)C(Cc1ccccc1)C(=O)NC1CCCCC1)c1cccc(C(F)(F)F)c1. The van der Waals surface area contributed by atoms with E-state index in [0.717, 1.165) is 66.4 Å². The van der Waals surface area contributed by atoms with E-state index in [0.29, 0.717) is 0 Å². The van der Waals surface area contributed by atoms with Gasteiger partial charge in [0.25, 0.3) is 0 Å². The van der Waals surface area contributed by atoms with Crippen molar-refractivity contribution in [3.05, 3.63) is 101 Å². The fraction of sp³-hybridized carbons (Fsp3) is 0.412. The lowest BCUT2D eigenvalue weighted by molar-refractivity contribution is -0.141. The molecule has 4 rings (SSSR count). The average Bonchev–Trinajstić information content (AvgIpc) is 3.01. The van der Waals surface area contributed by atoms with Crippen LogP contribution in [0.4, 0.5) is 23.2 Å². The van der Waals surface area contributed by atoms with Gasteiger partial charge in [0.15, 0.2) is 0 Å². The molecule has 1 saturated carbocycles. The Morgan fingerprint density at radius 2 is 1.61 bits per heavy atom. The van der Waals surface area contributed by atoms with Crippen LogP contribution in [0.2, 0.25) is 0 Å². The quantitative estimate of drug-likeness (QED) is 0.213. The molecule has 1 aliphatic rings. The van der Waals surface area contributed by atoms with E-state index >= 15 is 0 Å². The van der Waals surface area contributed by atoms with Crippen LogP contribution in [0, 0.1) is 5.82 Å². The van der Waals surface area contributed by atoms with E-state index in [-0.39, 0.29) is 55.6 Å². The highest BCUT2D eigenvalue weighted by Crippen LogP contribution is 2.32. The van der Waals surface area contributed by atoms with Crippen LogP contribution in [0.1, 0.15) is 61.6 Å². The topological polar surface area (TPSA) is 86.8 Å². The number of alkyl halides is 3. The zero-order valence-corrected chi connectivity index (χ0v) is 26.5. The van der Waals surface area contributed by atoms with Gasteiger partial charge in [-0.05, 0) is 49.1 Å². The van der Waals surface area contributed by atoms with Gasteiger partial charge < -0.3 is 10.2 Å². The lowest BCUT2D eigenvalue weighted by Gasteiger charge is -2.34. The van der Waals surface area contributed by atoms with Crippen LogP contribution in [0.5, 0.6) is 0 Å². The van der Waals surface area contributed by atoms with Crippen molar-refractivity contribution in [1.29, 1.82) is 0 Å². The summed E-state index contributed by atoms with van der Waals surface area (Å²) in [6.45, 7) is -0.485. The summed E-state index contributed by atoms with van der Waals surface area (Å²) in [6.07, 6.45) is 0.772. The monoisotopic (exact) mass is 661 g/mol. The molecule has 7 nitrogen and oxygen atoms in total. The predicted octanol–water partition coefficient (Wildman–Crippen LogP) is 6.48. The van der Waals surface area contributed by atoms with Gasteiger partial charge in [-0.25, -0.2) is 12.8 Å². The normalized spacial score (nSPS) is 14.8. The van der Waals surface area contributed by atoms with Gasteiger partial charge in [-0.15, -0.1) is 0 Å². The van der Waals surface area contributed by atoms with E-state index in [1.807, 2.05) is 30.3 Å². The highest BCUT2D eigenvalue weighted by atomic mass is 32.2. The summed E-state index contributed by atoms with van der Waals surface area (Å²) >= 11 is 0. The van der Waals surface area contributed by atoms with Gasteiger partial charge in [-0.2, -0.15) is 13.2 Å². The molecule has 0 aliphatic heterocycles. The molecule has 0 radical (unpaired) electrons.